The molecule has 1 amide bonds. The van der Waals surface area contributed by atoms with Crippen LogP contribution < -0.4 is 10.1 Å². The number of esters is 1. The fourth-order valence-corrected chi connectivity index (χ4v) is 1.71. The minimum atomic E-state index is -0.677. The highest BCUT2D eigenvalue weighted by molar-refractivity contribution is 5.80. The van der Waals surface area contributed by atoms with Crippen LogP contribution in [-0.4, -0.2) is 25.1 Å². The summed E-state index contributed by atoms with van der Waals surface area (Å²) in [5, 5.41) is 2.64. The number of benzene rings is 2. The maximum absolute atomic E-state index is 12.7. The lowest BCUT2D eigenvalue weighted by atomic mass is 10.2. The van der Waals surface area contributed by atoms with Crippen molar-refractivity contribution >= 4 is 11.9 Å². The van der Waals surface area contributed by atoms with Crippen LogP contribution in [-0.2, 0) is 20.9 Å². The SMILES string of the molecule is O=C(COC(=O)COc1ccc(F)cc1)NCc1ccccc1. The number of amides is 1. The lowest BCUT2D eigenvalue weighted by Gasteiger charge is -2.08. The van der Waals surface area contributed by atoms with Crippen LogP contribution in [0.2, 0.25) is 0 Å². The van der Waals surface area contributed by atoms with Crippen LogP contribution in [0.15, 0.2) is 54.6 Å². The molecule has 0 unspecified atom stereocenters. The predicted molar refractivity (Wildman–Crippen MR) is 81.1 cm³/mol. The molecule has 1 N–H and O–H groups in total. The Balaban J connectivity index is 1.63. The molecule has 0 saturated carbocycles. The molecule has 2 aromatic carbocycles. The lowest BCUT2D eigenvalue weighted by Crippen LogP contribution is -2.29. The van der Waals surface area contributed by atoms with E-state index in [1.807, 2.05) is 30.3 Å². The van der Waals surface area contributed by atoms with E-state index in [-0.39, 0.29) is 13.2 Å². The number of carbonyl (C=O) groups is 2. The molecule has 5 nitrogen and oxygen atoms in total. The zero-order chi connectivity index (χ0) is 16.5. The predicted octanol–water partition coefficient (Wildman–Crippen LogP) is 2.06. The van der Waals surface area contributed by atoms with Crippen molar-refractivity contribution in [3.05, 3.63) is 66.0 Å². The van der Waals surface area contributed by atoms with Gasteiger partial charge in [-0.25, -0.2) is 9.18 Å². The highest BCUT2D eigenvalue weighted by Gasteiger charge is 2.08. The summed E-state index contributed by atoms with van der Waals surface area (Å²) in [5.74, 6) is -1.12. The van der Waals surface area contributed by atoms with Crippen molar-refractivity contribution in [3.63, 3.8) is 0 Å². The van der Waals surface area contributed by atoms with E-state index in [0.717, 1.165) is 5.56 Å². The van der Waals surface area contributed by atoms with Crippen LogP contribution >= 0.6 is 0 Å². The number of hydrogen-bond donors (Lipinski definition) is 1. The molecule has 6 heteroatoms. The van der Waals surface area contributed by atoms with Gasteiger partial charge >= 0.3 is 5.97 Å². The van der Waals surface area contributed by atoms with Crippen LogP contribution in [0.5, 0.6) is 5.75 Å². The van der Waals surface area contributed by atoms with Crippen molar-refractivity contribution < 1.29 is 23.5 Å². The minimum Gasteiger partial charge on any atom is -0.482 e. The van der Waals surface area contributed by atoms with Gasteiger partial charge in [-0.3, -0.25) is 4.79 Å². The molecule has 0 bridgehead atoms. The topological polar surface area (TPSA) is 64.6 Å². The first-order chi connectivity index (χ1) is 11.1. The molecule has 0 atom stereocenters. The summed E-state index contributed by atoms with van der Waals surface area (Å²) >= 11 is 0. The number of carbonyl (C=O) groups excluding carboxylic acids is 2. The fraction of sp³-hybridized carbons (Fsp3) is 0.176. The second-order valence-corrected chi connectivity index (χ2v) is 4.67. The molecule has 120 valence electrons. The third-order valence-electron chi connectivity index (χ3n) is 2.87. The van der Waals surface area contributed by atoms with E-state index in [9.17, 15) is 14.0 Å². The highest BCUT2D eigenvalue weighted by Crippen LogP contribution is 2.10. The molecule has 2 aromatic rings. The van der Waals surface area contributed by atoms with Gasteiger partial charge in [-0.1, -0.05) is 30.3 Å². The largest absolute Gasteiger partial charge is 0.482 e. The minimum absolute atomic E-state index is 0.344. The van der Waals surface area contributed by atoms with Crippen LogP contribution in [0.4, 0.5) is 4.39 Å². The van der Waals surface area contributed by atoms with Crippen molar-refractivity contribution in [2.24, 2.45) is 0 Å². The Morgan fingerprint density at radius 1 is 0.957 bits per heavy atom. The van der Waals surface area contributed by atoms with Gasteiger partial charge in [0.05, 0.1) is 0 Å². The van der Waals surface area contributed by atoms with Crippen LogP contribution in [0.25, 0.3) is 0 Å². The molecular formula is C17H16FNO4. The smallest absolute Gasteiger partial charge is 0.344 e. The maximum Gasteiger partial charge on any atom is 0.344 e. The maximum atomic E-state index is 12.7. The summed E-state index contributed by atoms with van der Waals surface area (Å²) in [5.41, 5.74) is 0.951. The number of rotatable bonds is 7. The van der Waals surface area contributed by atoms with Gasteiger partial charge in [-0.05, 0) is 29.8 Å². The molecule has 23 heavy (non-hydrogen) atoms. The van der Waals surface area contributed by atoms with Crippen LogP contribution in [0, 0.1) is 5.82 Å². The third-order valence-corrected chi connectivity index (χ3v) is 2.87. The van der Waals surface area contributed by atoms with Crippen molar-refractivity contribution in [2.75, 3.05) is 13.2 Å². The van der Waals surface area contributed by atoms with E-state index in [4.69, 9.17) is 9.47 Å². The van der Waals surface area contributed by atoms with Gasteiger partial charge in [0, 0.05) is 6.54 Å². The number of hydrogen-bond acceptors (Lipinski definition) is 4. The monoisotopic (exact) mass is 317 g/mol. The average molecular weight is 317 g/mol. The number of ether oxygens (including phenoxy) is 2. The number of nitrogens with one attached hydrogen (secondary N) is 1. The zero-order valence-electron chi connectivity index (χ0n) is 12.3. The number of halogens is 1. The van der Waals surface area contributed by atoms with E-state index in [2.05, 4.69) is 5.32 Å². The third kappa shape index (κ3) is 6.17. The summed E-state index contributed by atoms with van der Waals surface area (Å²) < 4.78 is 22.6. The Morgan fingerprint density at radius 2 is 1.65 bits per heavy atom. The molecule has 0 aliphatic rings. The molecule has 0 heterocycles. The van der Waals surface area contributed by atoms with E-state index in [0.29, 0.717) is 12.3 Å². The normalized spacial score (nSPS) is 9.96. The van der Waals surface area contributed by atoms with Crippen molar-refractivity contribution in [3.8, 4) is 5.75 Å². The lowest BCUT2D eigenvalue weighted by molar-refractivity contribution is -0.150. The van der Waals surface area contributed by atoms with E-state index < -0.39 is 17.7 Å². The molecular weight excluding hydrogens is 301 g/mol. The van der Waals surface area contributed by atoms with E-state index >= 15 is 0 Å². The molecule has 0 fully saturated rings. The Morgan fingerprint density at radius 3 is 2.35 bits per heavy atom. The highest BCUT2D eigenvalue weighted by atomic mass is 19.1. The quantitative estimate of drug-likeness (QED) is 0.794. The van der Waals surface area contributed by atoms with Gasteiger partial charge in [0.15, 0.2) is 13.2 Å². The summed E-state index contributed by atoms with van der Waals surface area (Å²) in [6, 6.07) is 14.6. The molecule has 0 radical (unpaired) electrons. The fourth-order valence-electron chi connectivity index (χ4n) is 1.71. The Kier molecular flexibility index (Phi) is 6.11. The van der Waals surface area contributed by atoms with E-state index in [1.165, 1.54) is 24.3 Å². The average Bonchev–Trinajstić information content (AvgIpc) is 2.58. The molecule has 0 aliphatic carbocycles. The Bertz CT molecular complexity index is 643. The first-order valence-electron chi connectivity index (χ1n) is 6.98. The molecule has 0 aromatic heterocycles. The molecule has 0 saturated heterocycles. The summed E-state index contributed by atoms with van der Waals surface area (Å²) in [6.45, 7) is -0.362. The van der Waals surface area contributed by atoms with Gasteiger partial charge in [0.2, 0.25) is 0 Å². The second kappa shape index (κ2) is 8.53. The van der Waals surface area contributed by atoms with Crippen molar-refractivity contribution in [1.82, 2.24) is 5.32 Å². The van der Waals surface area contributed by atoms with E-state index in [1.54, 1.807) is 0 Å². The Labute approximate surface area is 133 Å². The first-order valence-corrected chi connectivity index (χ1v) is 6.98. The zero-order valence-corrected chi connectivity index (χ0v) is 12.3. The van der Waals surface area contributed by atoms with Crippen molar-refractivity contribution in [2.45, 2.75) is 6.54 Å². The van der Waals surface area contributed by atoms with Gasteiger partial charge in [-0.15, -0.1) is 0 Å². The second-order valence-electron chi connectivity index (χ2n) is 4.67. The van der Waals surface area contributed by atoms with Crippen LogP contribution in [0.1, 0.15) is 5.56 Å². The van der Waals surface area contributed by atoms with Crippen LogP contribution in [0.3, 0.4) is 0 Å². The molecule has 0 spiro atoms. The van der Waals surface area contributed by atoms with Gasteiger partial charge < -0.3 is 14.8 Å². The first kappa shape index (κ1) is 16.5. The summed E-state index contributed by atoms with van der Waals surface area (Å²) in [4.78, 5) is 23.0. The molecule has 2 rings (SSSR count). The summed E-state index contributed by atoms with van der Waals surface area (Å²) in [6.07, 6.45) is 0. The summed E-state index contributed by atoms with van der Waals surface area (Å²) in [7, 11) is 0. The van der Waals surface area contributed by atoms with Crippen molar-refractivity contribution in [1.29, 1.82) is 0 Å². The molecule has 0 aliphatic heterocycles. The van der Waals surface area contributed by atoms with Gasteiger partial charge in [-0.2, -0.15) is 0 Å². The van der Waals surface area contributed by atoms with Gasteiger partial charge in [0.25, 0.3) is 5.91 Å². The van der Waals surface area contributed by atoms with Gasteiger partial charge in [0.1, 0.15) is 11.6 Å². The Hall–Kier alpha value is -2.89. The standard InChI is InChI=1S/C17H16FNO4/c18-14-6-8-15(9-7-14)22-12-17(21)23-11-16(20)19-10-13-4-2-1-3-5-13/h1-9H,10-12H2,(H,19,20).